The van der Waals surface area contributed by atoms with Crippen LogP contribution in [0.5, 0.6) is 0 Å². The molecule has 73 heavy (non-hydrogen) atoms. The van der Waals surface area contributed by atoms with Crippen molar-refractivity contribution in [2.24, 2.45) is 0 Å². The van der Waals surface area contributed by atoms with Crippen molar-refractivity contribution in [1.29, 1.82) is 0 Å². The summed E-state index contributed by atoms with van der Waals surface area (Å²) >= 11 is 0. The summed E-state index contributed by atoms with van der Waals surface area (Å²) in [7, 11) is 0. The molecule has 1 heterocycles. The number of rotatable bonds is 7. The highest BCUT2D eigenvalue weighted by molar-refractivity contribution is 6.06. The first-order valence-electron chi connectivity index (χ1n) is 25.2. The number of furan rings is 1. The lowest BCUT2D eigenvalue weighted by molar-refractivity contribution is 0.669. The molecular weight excluding hydrogens is 883 g/mol. The average Bonchev–Trinajstić information content (AvgIpc) is 4.10. The number of benzene rings is 12. The molecule has 0 radical (unpaired) electrons. The molecule has 2 nitrogen and oxygen atoms in total. The number of hydrogen-bond acceptors (Lipinski definition) is 2. The summed E-state index contributed by atoms with van der Waals surface area (Å²) < 4.78 is 6.20. The number of para-hydroxylation sites is 1. The van der Waals surface area contributed by atoms with Crippen LogP contribution in [0.25, 0.3) is 99.5 Å². The van der Waals surface area contributed by atoms with E-state index in [1.54, 1.807) is 0 Å². The smallest absolute Gasteiger partial charge is 0.135 e. The van der Waals surface area contributed by atoms with Crippen LogP contribution in [0.3, 0.4) is 0 Å². The van der Waals surface area contributed by atoms with E-state index in [9.17, 15) is 0 Å². The predicted molar refractivity (Wildman–Crippen MR) is 304 cm³/mol. The standard InChI is InChI=1S/C71H45NO/c1-2-14-46(15-3-1)47-28-34-54(35-29-47)72(55-36-30-48(31-37-55)51-33-41-70-64(43-51)63-23-8-11-27-69(63)73-70)56-38-40-62-61-39-32-52(50-18-12-19-53(42-50)58-24-13-17-49-16-4-5-20-57(49)58)44-67(61)71(68(62)45-56)65-25-9-6-21-59(65)60-22-7-10-26-66(60)71/h1-45H. The normalized spacial score (nSPS) is 12.8. The molecule has 0 bridgehead atoms. The van der Waals surface area contributed by atoms with Gasteiger partial charge in [-0.2, -0.15) is 0 Å². The maximum atomic E-state index is 6.20. The Kier molecular flexibility index (Phi) is 9.21. The zero-order chi connectivity index (χ0) is 48.0. The van der Waals surface area contributed by atoms with E-state index in [-0.39, 0.29) is 0 Å². The highest BCUT2D eigenvalue weighted by Gasteiger charge is 2.52. The van der Waals surface area contributed by atoms with E-state index >= 15 is 0 Å². The predicted octanol–water partition coefficient (Wildman–Crippen LogP) is 19.2. The summed E-state index contributed by atoms with van der Waals surface area (Å²) in [6, 6.07) is 101. The van der Waals surface area contributed by atoms with Crippen LogP contribution < -0.4 is 4.90 Å². The van der Waals surface area contributed by atoms with Crippen LogP contribution in [0.1, 0.15) is 22.3 Å². The van der Waals surface area contributed by atoms with E-state index in [1.807, 2.05) is 12.1 Å². The second kappa shape index (κ2) is 16.3. The van der Waals surface area contributed by atoms with Gasteiger partial charge in [0.15, 0.2) is 0 Å². The van der Waals surface area contributed by atoms with Crippen molar-refractivity contribution in [3.8, 4) is 66.8 Å². The van der Waals surface area contributed by atoms with Gasteiger partial charge in [-0.25, -0.2) is 0 Å². The Bertz CT molecular complexity index is 4260. The van der Waals surface area contributed by atoms with Crippen molar-refractivity contribution in [1.82, 2.24) is 0 Å². The van der Waals surface area contributed by atoms with Crippen LogP contribution in [0, 0.1) is 0 Å². The Morgan fingerprint density at radius 3 is 1.48 bits per heavy atom. The maximum Gasteiger partial charge on any atom is 0.135 e. The second-order valence-electron chi connectivity index (χ2n) is 19.5. The number of anilines is 3. The van der Waals surface area contributed by atoms with Gasteiger partial charge < -0.3 is 9.32 Å². The molecule has 2 heteroatoms. The lowest BCUT2D eigenvalue weighted by Gasteiger charge is -2.32. The molecule has 340 valence electrons. The topological polar surface area (TPSA) is 16.4 Å². The van der Waals surface area contributed by atoms with Crippen molar-refractivity contribution < 1.29 is 4.42 Å². The van der Waals surface area contributed by atoms with Crippen LogP contribution in [0.15, 0.2) is 277 Å². The van der Waals surface area contributed by atoms with Crippen molar-refractivity contribution in [2.45, 2.75) is 5.41 Å². The third kappa shape index (κ3) is 6.37. The first-order chi connectivity index (χ1) is 36.2. The summed E-state index contributed by atoms with van der Waals surface area (Å²) in [5.41, 5.74) is 24.4. The number of fused-ring (bicyclic) bond motifs is 14. The third-order valence-corrected chi connectivity index (χ3v) is 15.7. The number of hydrogen-bond donors (Lipinski definition) is 0. The molecule has 2 aliphatic carbocycles. The Morgan fingerprint density at radius 1 is 0.247 bits per heavy atom. The zero-order valence-corrected chi connectivity index (χ0v) is 39.8. The fourth-order valence-electron chi connectivity index (χ4n) is 12.4. The van der Waals surface area contributed by atoms with Gasteiger partial charge in [-0.05, 0) is 167 Å². The van der Waals surface area contributed by atoms with Crippen molar-refractivity contribution in [3.63, 3.8) is 0 Å². The lowest BCUT2D eigenvalue weighted by Crippen LogP contribution is -2.26. The molecule has 0 aliphatic heterocycles. The minimum atomic E-state index is -0.556. The quantitative estimate of drug-likeness (QED) is 0.158. The summed E-state index contributed by atoms with van der Waals surface area (Å²) in [5, 5.41) is 4.77. The highest BCUT2D eigenvalue weighted by atomic mass is 16.3. The van der Waals surface area contributed by atoms with E-state index in [1.165, 1.54) is 88.7 Å². The van der Waals surface area contributed by atoms with Crippen LogP contribution in [0.4, 0.5) is 17.1 Å². The first kappa shape index (κ1) is 41.3. The van der Waals surface area contributed by atoms with Crippen LogP contribution in [-0.4, -0.2) is 0 Å². The summed E-state index contributed by atoms with van der Waals surface area (Å²) in [4.78, 5) is 2.43. The van der Waals surface area contributed by atoms with Gasteiger partial charge in [0, 0.05) is 27.8 Å². The molecule has 2 aliphatic rings. The minimum Gasteiger partial charge on any atom is -0.456 e. The molecule has 0 unspecified atom stereocenters. The zero-order valence-electron chi connectivity index (χ0n) is 39.8. The van der Waals surface area contributed by atoms with Gasteiger partial charge in [-0.3, -0.25) is 0 Å². The summed E-state index contributed by atoms with van der Waals surface area (Å²) in [6.07, 6.45) is 0. The fourth-order valence-corrected chi connectivity index (χ4v) is 12.4. The lowest BCUT2D eigenvalue weighted by atomic mass is 9.70. The summed E-state index contributed by atoms with van der Waals surface area (Å²) in [6.45, 7) is 0. The summed E-state index contributed by atoms with van der Waals surface area (Å²) in [5.74, 6) is 0. The highest BCUT2D eigenvalue weighted by Crippen LogP contribution is 2.64. The monoisotopic (exact) mass is 927 g/mol. The Hall–Kier alpha value is -9.50. The Balaban J connectivity index is 0.900. The van der Waals surface area contributed by atoms with Gasteiger partial charge in [0.2, 0.25) is 0 Å². The largest absolute Gasteiger partial charge is 0.456 e. The van der Waals surface area contributed by atoms with Gasteiger partial charge in [-0.1, -0.05) is 206 Å². The molecule has 0 saturated heterocycles. The van der Waals surface area contributed by atoms with Crippen molar-refractivity contribution in [3.05, 3.63) is 295 Å². The Morgan fingerprint density at radius 2 is 0.712 bits per heavy atom. The van der Waals surface area contributed by atoms with Gasteiger partial charge in [-0.15, -0.1) is 0 Å². The molecule has 0 N–H and O–H groups in total. The van der Waals surface area contributed by atoms with E-state index in [0.29, 0.717) is 0 Å². The second-order valence-corrected chi connectivity index (χ2v) is 19.5. The van der Waals surface area contributed by atoms with Crippen molar-refractivity contribution >= 4 is 49.8 Å². The molecule has 1 aromatic heterocycles. The molecule has 1 spiro atoms. The van der Waals surface area contributed by atoms with Gasteiger partial charge >= 0.3 is 0 Å². The van der Waals surface area contributed by atoms with Crippen LogP contribution in [-0.2, 0) is 5.41 Å². The number of nitrogens with zero attached hydrogens (tertiary/aromatic N) is 1. The van der Waals surface area contributed by atoms with Gasteiger partial charge in [0.25, 0.3) is 0 Å². The van der Waals surface area contributed by atoms with Crippen molar-refractivity contribution in [2.75, 3.05) is 4.90 Å². The minimum absolute atomic E-state index is 0.556. The van der Waals surface area contributed by atoms with E-state index in [4.69, 9.17) is 4.42 Å². The van der Waals surface area contributed by atoms with Gasteiger partial charge in [0.05, 0.1) is 5.41 Å². The van der Waals surface area contributed by atoms with E-state index in [2.05, 4.69) is 266 Å². The average molecular weight is 928 g/mol. The molecule has 12 aromatic carbocycles. The molecule has 0 saturated carbocycles. The van der Waals surface area contributed by atoms with Gasteiger partial charge in [0.1, 0.15) is 11.2 Å². The molecular formula is C71H45NO. The third-order valence-electron chi connectivity index (χ3n) is 15.7. The fraction of sp³-hybridized carbons (Fsp3) is 0.0141. The SMILES string of the molecule is c1ccc(-c2ccc(N(c3ccc(-c4ccc5oc6ccccc6c5c4)cc3)c3ccc4c(c3)C3(c5ccccc5-c5ccccc53)c3cc(-c5cccc(-c6cccc7ccccc67)c5)ccc3-4)cc2)cc1. The molecule has 0 fully saturated rings. The van der Waals surface area contributed by atoms with E-state index < -0.39 is 5.41 Å². The van der Waals surface area contributed by atoms with Crippen LogP contribution >= 0.6 is 0 Å². The molecule has 15 rings (SSSR count). The molecule has 13 aromatic rings. The van der Waals surface area contributed by atoms with Crippen LogP contribution in [0.2, 0.25) is 0 Å². The van der Waals surface area contributed by atoms with E-state index in [0.717, 1.165) is 50.1 Å². The Labute approximate surface area is 424 Å². The molecule has 0 atom stereocenters. The first-order valence-corrected chi connectivity index (χ1v) is 25.2. The molecule has 0 amide bonds. The maximum absolute atomic E-state index is 6.20.